The van der Waals surface area contributed by atoms with Crippen molar-refractivity contribution in [1.29, 1.82) is 5.26 Å². The van der Waals surface area contributed by atoms with Gasteiger partial charge < -0.3 is 0 Å². The molecule has 0 amide bonds. The van der Waals surface area contributed by atoms with Crippen LogP contribution in [0.15, 0.2) is 163 Å². The maximum absolute atomic E-state index is 9.57. The Kier molecular flexibility index (Phi) is 6.45. The minimum Gasteiger partial charge on any atom is -0.246 e. The Hall–Kier alpha value is -6.30. The van der Waals surface area contributed by atoms with Crippen molar-refractivity contribution < 1.29 is 0 Å². The van der Waals surface area contributed by atoms with E-state index in [1.54, 1.807) is 0 Å². The van der Waals surface area contributed by atoms with Crippen LogP contribution in [0, 0.1) is 17.2 Å². The standard InChI is InChI=1S/C49H34N2/c1-49(2)45-23-30(29-50)15-20-40(45)41-21-19-37(28-46(41)49)34-13-8-12-33(24-34)35-16-17-36-26-43-42-22-18-31-9-6-7-14-39(31)48(42)51-47(32-10-4-3-5-11-32)44(43)27-38(36)25-35/h3-28,40,45H,1-2H3. The van der Waals surface area contributed by atoms with Gasteiger partial charge in [-0.15, -0.1) is 0 Å². The van der Waals surface area contributed by atoms with E-state index >= 15 is 0 Å². The molecule has 0 saturated heterocycles. The van der Waals surface area contributed by atoms with Crippen LogP contribution in [-0.2, 0) is 5.41 Å². The number of nitriles is 1. The summed E-state index contributed by atoms with van der Waals surface area (Å²) in [4.78, 5) is 5.38. The van der Waals surface area contributed by atoms with Gasteiger partial charge in [-0.1, -0.05) is 141 Å². The molecule has 240 valence electrons. The van der Waals surface area contributed by atoms with Crippen LogP contribution >= 0.6 is 0 Å². The number of benzene rings is 7. The Balaban J connectivity index is 1.09. The van der Waals surface area contributed by atoms with E-state index in [1.807, 2.05) is 6.08 Å². The molecule has 2 aliphatic carbocycles. The normalized spacial score (nSPS) is 17.4. The van der Waals surface area contributed by atoms with Gasteiger partial charge >= 0.3 is 0 Å². The van der Waals surface area contributed by atoms with Crippen LogP contribution in [0.5, 0.6) is 0 Å². The molecule has 0 N–H and O–H groups in total. The van der Waals surface area contributed by atoms with Crippen molar-refractivity contribution >= 4 is 43.2 Å². The zero-order chi connectivity index (χ0) is 34.3. The van der Waals surface area contributed by atoms with Gasteiger partial charge in [0.15, 0.2) is 0 Å². The van der Waals surface area contributed by atoms with E-state index in [0.717, 1.165) is 27.7 Å². The van der Waals surface area contributed by atoms with Gasteiger partial charge in [-0.2, -0.15) is 5.26 Å². The zero-order valence-corrected chi connectivity index (χ0v) is 28.6. The topological polar surface area (TPSA) is 36.7 Å². The van der Waals surface area contributed by atoms with Gasteiger partial charge in [0.25, 0.3) is 0 Å². The first-order valence-electron chi connectivity index (χ1n) is 17.8. The predicted molar refractivity (Wildman–Crippen MR) is 213 cm³/mol. The van der Waals surface area contributed by atoms with Gasteiger partial charge in [0.05, 0.1) is 17.3 Å². The lowest BCUT2D eigenvalue weighted by atomic mass is 9.73. The monoisotopic (exact) mass is 650 g/mol. The molecule has 51 heavy (non-hydrogen) atoms. The quantitative estimate of drug-likeness (QED) is 0.141. The number of hydrogen-bond donors (Lipinski definition) is 0. The summed E-state index contributed by atoms with van der Waals surface area (Å²) in [6.45, 7) is 4.65. The number of fused-ring (bicyclic) bond motifs is 9. The van der Waals surface area contributed by atoms with Gasteiger partial charge in [-0.3, -0.25) is 0 Å². The molecule has 7 aromatic carbocycles. The van der Waals surface area contributed by atoms with Crippen molar-refractivity contribution in [1.82, 2.24) is 4.98 Å². The number of rotatable bonds is 3. The predicted octanol–water partition coefficient (Wildman–Crippen LogP) is 12.7. The lowest BCUT2D eigenvalue weighted by molar-refractivity contribution is 0.393. The summed E-state index contributed by atoms with van der Waals surface area (Å²) in [6.07, 6.45) is 6.39. The molecule has 2 nitrogen and oxygen atoms in total. The lowest BCUT2D eigenvalue weighted by Crippen LogP contribution is -2.25. The molecule has 8 aromatic rings. The SMILES string of the molecule is CC1(C)c2cc(-c3cccc(-c4ccc5cc6c(cc5c4)c(-c4ccccc4)nc4c5ccccc5ccc64)c3)ccc2C2C=CC(C#N)=CC21. The molecule has 1 heterocycles. The Morgan fingerprint density at radius 1 is 0.569 bits per heavy atom. The molecule has 0 radical (unpaired) electrons. The van der Waals surface area contributed by atoms with Crippen LogP contribution in [0.3, 0.4) is 0 Å². The minimum absolute atomic E-state index is 0.0620. The highest BCUT2D eigenvalue weighted by molar-refractivity contribution is 6.20. The second-order valence-corrected chi connectivity index (χ2v) is 14.7. The summed E-state index contributed by atoms with van der Waals surface area (Å²) in [6, 6.07) is 53.4. The van der Waals surface area contributed by atoms with E-state index in [-0.39, 0.29) is 11.3 Å². The molecular formula is C49H34N2. The summed E-state index contributed by atoms with van der Waals surface area (Å²) in [5, 5.41) is 17.9. The summed E-state index contributed by atoms with van der Waals surface area (Å²) in [5.41, 5.74) is 11.4. The Morgan fingerprint density at radius 2 is 1.27 bits per heavy atom. The van der Waals surface area contributed by atoms with Crippen LogP contribution in [0.4, 0.5) is 0 Å². The third kappa shape index (κ3) is 4.59. The second kappa shape index (κ2) is 11.1. The van der Waals surface area contributed by atoms with Crippen molar-refractivity contribution in [3.8, 4) is 39.6 Å². The van der Waals surface area contributed by atoms with Gasteiger partial charge in [-0.25, -0.2) is 4.98 Å². The summed E-state index contributed by atoms with van der Waals surface area (Å²) < 4.78 is 0. The van der Waals surface area contributed by atoms with Gasteiger partial charge in [0.1, 0.15) is 0 Å². The molecule has 0 aliphatic heterocycles. The Morgan fingerprint density at radius 3 is 2.12 bits per heavy atom. The van der Waals surface area contributed by atoms with E-state index < -0.39 is 0 Å². The second-order valence-electron chi connectivity index (χ2n) is 14.7. The molecule has 0 saturated carbocycles. The summed E-state index contributed by atoms with van der Waals surface area (Å²) >= 11 is 0. The first-order chi connectivity index (χ1) is 25.0. The maximum atomic E-state index is 9.57. The number of hydrogen-bond acceptors (Lipinski definition) is 2. The van der Waals surface area contributed by atoms with Crippen molar-refractivity contribution in [2.75, 3.05) is 0 Å². The summed E-state index contributed by atoms with van der Waals surface area (Å²) in [5.74, 6) is 0.605. The number of pyridine rings is 1. The van der Waals surface area contributed by atoms with E-state index in [9.17, 15) is 5.26 Å². The Bertz CT molecular complexity index is 2850. The molecular weight excluding hydrogens is 617 g/mol. The molecule has 1 aromatic heterocycles. The first kappa shape index (κ1) is 29.6. The minimum atomic E-state index is -0.0620. The molecule has 10 rings (SSSR count). The van der Waals surface area contributed by atoms with Crippen molar-refractivity contribution in [3.63, 3.8) is 0 Å². The van der Waals surface area contributed by atoms with Crippen molar-refractivity contribution in [2.45, 2.75) is 25.2 Å². The van der Waals surface area contributed by atoms with E-state index in [0.29, 0.717) is 5.92 Å². The van der Waals surface area contributed by atoms with Crippen molar-refractivity contribution in [3.05, 3.63) is 174 Å². The Labute approximate surface area is 297 Å². The van der Waals surface area contributed by atoms with E-state index in [2.05, 4.69) is 172 Å². The highest BCUT2D eigenvalue weighted by atomic mass is 14.7. The van der Waals surface area contributed by atoms with Crippen LogP contribution in [-0.4, -0.2) is 4.98 Å². The molecule has 2 aliphatic rings. The van der Waals surface area contributed by atoms with E-state index in [1.165, 1.54) is 65.7 Å². The fourth-order valence-electron chi connectivity index (χ4n) is 8.83. The molecule has 0 spiro atoms. The molecule has 2 unspecified atom stereocenters. The number of nitrogens with zero attached hydrogens (tertiary/aromatic N) is 2. The lowest BCUT2D eigenvalue weighted by Gasteiger charge is -2.30. The number of allylic oxidation sites excluding steroid dienone is 4. The third-order valence-electron chi connectivity index (χ3n) is 11.5. The maximum Gasteiger partial charge on any atom is 0.0988 e. The van der Waals surface area contributed by atoms with Gasteiger partial charge in [-0.05, 0) is 96.6 Å². The molecule has 0 fully saturated rings. The van der Waals surface area contributed by atoms with E-state index in [4.69, 9.17) is 4.98 Å². The molecule has 2 heteroatoms. The highest BCUT2D eigenvalue weighted by Crippen LogP contribution is 2.54. The summed E-state index contributed by atoms with van der Waals surface area (Å²) in [7, 11) is 0. The number of aromatic nitrogens is 1. The van der Waals surface area contributed by atoms with Crippen molar-refractivity contribution in [2.24, 2.45) is 5.92 Å². The van der Waals surface area contributed by atoms with Crippen LogP contribution < -0.4 is 0 Å². The third-order valence-corrected chi connectivity index (χ3v) is 11.5. The zero-order valence-electron chi connectivity index (χ0n) is 28.6. The average molecular weight is 651 g/mol. The van der Waals surface area contributed by atoms with Gasteiger partial charge in [0.2, 0.25) is 0 Å². The fourth-order valence-corrected chi connectivity index (χ4v) is 8.83. The smallest absolute Gasteiger partial charge is 0.0988 e. The molecule has 2 atom stereocenters. The fraction of sp³-hybridized carbons (Fsp3) is 0.102. The largest absolute Gasteiger partial charge is 0.246 e. The van der Waals surface area contributed by atoms with Gasteiger partial charge in [0, 0.05) is 33.2 Å². The highest BCUT2D eigenvalue weighted by Gasteiger charge is 2.45. The first-order valence-corrected chi connectivity index (χ1v) is 17.8. The van der Waals surface area contributed by atoms with Crippen LogP contribution in [0.1, 0.15) is 30.9 Å². The van der Waals surface area contributed by atoms with Crippen LogP contribution in [0.2, 0.25) is 0 Å². The average Bonchev–Trinajstić information content (AvgIpc) is 3.41. The van der Waals surface area contributed by atoms with Crippen LogP contribution in [0.25, 0.3) is 76.7 Å². The molecule has 0 bridgehead atoms.